The van der Waals surface area contributed by atoms with Crippen molar-refractivity contribution in [2.75, 3.05) is 19.8 Å². The Hall–Kier alpha value is -2.44. The topological polar surface area (TPSA) is 84.9 Å². The smallest absolute Gasteiger partial charge is 0.305 e. The lowest BCUT2D eigenvalue weighted by Crippen LogP contribution is -2.44. The minimum atomic E-state index is -0.978. The zero-order valence-corrected chi connectivity index (χ0v) is 13.1. The third-order valence-electron chi connectivity index (χ3n) is 4.00. The fourth-order valence-corrected chi connectivity index (χ4v) is 2.87. The van der Waals surface area contributed by atoms with E-state index >= 15 is 0 Å². The van der Waals surface area contributed by atoms with Crippen molar-refractivity contribution in [1.82, 2.24) is 5.32 Å². The Morgan fingerprint density at radius 1 is 1.17 bits per heavy atom. The van der Waals surface area contributed by atoms with Gasteiger partial charge < -0.3 is 19.9 Å². The van der Waals surface area contributed by atoms with Gasteiger partial charge in [0, 0.05) is 0 Å². The highest BCUT2D eigenvalue weighted by Crippen LogP contribution is 2.26. The van der Waals surface area contributed by atoms with Crippen LogP contribution in [0.15, 0.2) is 42.5 Å². The molecule has 0 radical (unpaired) electrons. The number of rotatable bonds is 5. The van der Waals surface area contributed by atoms with E-state index in [9.17, 15) is 14.7 Å². The lowest BCUT2D eigenvalue weighted by Gasteiger charge is -2.25. The first-order valence-electron chi connectivity index (χ1n) is 7.84. The van der Waals surface area contributed by atoms with E-state index in [1.54, 1.807) is 0 Å². The summed E-state index contributed by atoms with van der Waals surface area (Å²) in [5.41, 5.74) is 0.778. The van der Waals surface area contributed by atoms with Crippen LogP contribution in [0.25, 0.3) is 10.8 Å². The molecule has 0 aromatic heterocycles. The molecule has 2 N–H and O–H groups in total. The molecule has 0 aliphatic carbocycles. The monoisotopic (exact) mass is 329 g/mol. The Bertz CT molecular complexity index is 734. The van der Waals surface area contributed by atoms with Crippen molar-refractivity contribution in [2.45, 2.75) is 18.6 Å². The van der Waals surface area contributed by atoms with Crippen molar-refractivity contribution < 1.29 is 24.2 Å². The summed E-state index contributed by atoms with van der Waals surface area (Å²) in [5, 5.41) is 14.0. The first kappa shape index (κ1) is 16.4. The minimum Gasteiger partial charge on any atom is -0.481 e. The molecule has 24 heavy (non-hydrogen) atoms. The van der Waals surface area contributed by atoms with Gasteiger partial charge >= 0.3 is 5.97 Å². The molecule has 2 atom stereocenters. The summed E-state index contributed by atoms with van der Waals surface area (Å²) in [6.45, 7) is 1.00. The maximum absolute atomic E-state index is 12.4. The van der Waals surface area contributed by atoms with Gasteiger partial charge in [0.1, 0.15) is 0 Å². The minimum absolute atomic E-state index is 0.182. The number of carboxylic acid groups (broad SMARTS) is 1. The van der Waals surface area contributed by atoms with E-state index < -0.39 is 18.1 Å². The second-order valence-electron chi connectivity index (χ2n) is 5.66. The van der Waals surface area contributed by atoms with E-state index in [1.165, 1.54) is 0 Å². The summed E-state index contributed by atoms with van der Waals surface area (Å²) in [6.07, 6.45) is -0.905. The van der Waals surface area contributed by atoms with Crippen LogP contribution in [0.3, 0.4) is 0 Å². The molecule has 6 heteroatoms. The molecule has 0 saturated carbocycles. The number of carbonyl (C=O) groups is 2. The van der Waals surface area contributed by atoms with Gasteiger partial charge in [0.05, 0.1) is 32.3 Å². The second kappa shape index (κ2) is 7.42. The Labute approximate surface area is 139 Å². The number of hydrogen-bond donors (Lipinski definition) is 2. The van der Waals surface area contributed by atoms with Crippen LogP contribution in [0.4, 0.5) is 0 Å². The molecule has 2 aromatic carbocycles. The first-order valence-corrected chi connectivity index (χ1v) is 7.84. The highest BCUT2D eigenvalue weighted by atomic mass is 16.6. The Balaban J connectivity index is 1.88. The molecule has 1 aliphatic rings. The average Bonchev–Trinajstić information content (AvgIpc) is 2.61. The number of nitrogens with one attached hydrogen (secondary N) is 1. The average molecular weight is 329 g/mol. The maximum Gasteiger partial charge on any atom is 0.305 e. The molecule has 1 unspecified atom stereocenters. The normalized spacial score (nSPS) is 18.9. The Morgan fingerprint density at radius 3 is 2.71 bits per heavy atom. The van der Waals surface area contributed by atoms with Gasteiger partial charge in [-0.3, -0.25) is 9.59 Å². The molecule has 126 valence electrons. The fraction of sp³-hybridized carbons (Fsp3) is 0.333. The molecule has 2 aromatic rings. The van der Waals surface area contributed by atoms with E-state index in [-0.39, 0.29) is 18.9 Å². The van der Waals surface area contributed by atoms with E-state index in [2.05, 4.69) is 5.32 Å². The number of carboxylic acids is 1. The van der Waals surface area contributed by atoms with Gasteiger partial charge in [-0.15, -0.1) is 0 Å². The van der Waals surface area contributed by atoms with Crippen LogP contribution < -0.4 is 5.32 Å². The summed E-state index contributed by atoms with van der Waals surface area (Å²) in [4.78, 5) is 23.7. The predicted octanol–water partition coefficient (Wildman–Crippen LogP) is 1.89. The van der Waals surface area contributed by atoms with Crippen LogP contribution in [0.1, 0.15) is 18.0 Å². The quantitative estimate of drug-likeness (QED) is 0.875. The lowest BCUT2D eigenvalue weighted by molar-refractivity contribution is -0.148. The highest BCUT2D eigenvalue weighted by molar-refractivity contribution is 5.88. The number of ether oxygens (including phenoxy) is 2. The fourth-order valence-electron chi connectivity index (χ4n) is 2.87. The lowest BCUT2D eigenvalue weighted by atomic mass is 9.96. The van der Waals surface area contributed by atoms with Gasteiger partial charge in [-0.1, -0.05) is 42.5 Å². The van der Waals surface area contributed by atoms with Crippen LogP contribution in [0, 0.1) is 0 Å². The number of aliphatic carboxylic acids is 1. The number of carbonyl (C=O) groups excluding carboxylic acids is 1. The van der Waals surface area contributed by atoms with Gasteiger partial charge in [-0.2, -0.15) is 0 Å². The Kier molecular flexibility index (Phi) is 5.08. The number of fused-ring (bicyclic) bond motifs is 1. The summed E-state index contributed by atoms with van der Waals surface area (Å²) in [6, 6.07) is 12.7. The van der Waals surface area contributed by atoms with Gasteiger partial charge in [0.15, 0.2) is 6.10 Å². The van der Waals surface area contributed by atoms with Gasteiger partial charge in [0.25, 0.3) is 5.91 Å². The summed E-state index contributed by atoms with van der Waals surface area (Å²) in [7, 11) is 0. The molecular weight excluding hydrogens is 310 g/mol. The van der Waals surface area contributed by atoms with Gasteiger partial charge in [-0.25, -0.2) is 0 Å². The van der Waals surface area contributed by atoms with Crippen LogP contribution in [0.5, 0.6) is 0 Å². The van der Waals surface area contributed by atoms with Crippen LogP contribution in [-0.4, -0.2) is 42.9 Å². The van der Waals surface area contributed by atoms with E-state index in [1.807, 2.05) is 42.5 Å². The SMILES string of the molecule is O=C(O)C[C@@H](NC(=O)C1COCCO1)c1cccc2ccccc12. The van der Waals surface area contributed by atoms with Crippen molar-refractivity contribution in [1.29, 1.82) is 0 Å². The van der Waals surface area contributed by atoms with E-state index in [4.69, 9.17) is 9.47 Å². The molecular formula is C18H19NO5. The first-order chi connectivity index (χ1) is 11.6. The summed E-state index contributed by atoms with van der Waals surface area (Å²) >= 11 is 0. The Morgan fingerprint density at radius 2 is 1.96 bits per heavy atom. The van der Waals surface area contributed by atoms with Gasteiger partial charge in [0.2, 0.25) is 0 Å². The molecule has 1 saturated heterocycles. The number of hydrogen-bond acceptors (Lipinski definition) is 4. The summed E-state index contributed by atoms with van der Waals surface area (Å²) < 4.78 is 10.6. The maximum atomic E-state index is 12.4. The van der Waals surface area contributed by atoms with Crippen molar-refractivity contribution in [3.8, 4) is 0 Å². The van der Waals surface area contributed by atoms with Crippen LogP contribution >= 0.6 is 0 Å². The molecule has 1 heterocycles. The predicted molar refractivity (Wildman–Crippen MR) is 87.6 cm³/mol. The van der Waals surface area contributed by atoms with E-state index in [0.29, 0.717) is 13.2 Å². The molecule has 0 bridgehead atoms. The molecule has 6 nitrogen and oxygen atoms in total. The second-order valence-corrected chi connectivity index (χ2v) is 5.66. The highest BCUT2D eigenvalue weighted by Gasteiger charge is 2.27. The van der Waals surface area contributed by atoms with Crippen molar-refractivity contribution in [3.05, 3.63) is 48.0 Å². The third-order valence-corrected chi connectivity index (χ3v) is 4.00. The summed E-state index contributed by atoms with van der Waals surface area (Å²) in [5.74, 6) is -1.33. The van der Waals surface area contributed by atoms with Crippen molar-refractivity contribution in [3.63, 3.8) is 0 Å². The van der Waals surface area contributed by atoms with Gasteiger partial charge in [-0.05, 0) is 16.3 Å². The molecule has 1 fully saturated rings. The molecule has 1 amide bonds. The van der Waals surface area contributed by atoms with Crippen LogP contribution in [-0.2, 0) is 19.1 Å². The largest absolute Gasteiger partial charge is 0.481 e. The zero-order valence-electron chi connectivity index (χ0n) is 13.1. The number of amides is 1. The molecule has 1 aliphatic heterocycles. The standard InChI is InChI=1S/C18H19NO5/c20-17(21)10-15(19-18(22)16-11-23-8-9-24-16)14-7-3-5-12-4-1-2-6-13(12)14/h1-7,15-16H,8-11H2,(H,19,22)(H,20,21)/t15-,16?/m1/s1. The zero-order chi connectivity index (χ0) is 16.9. The van der Waals surface area contributed by atoms with Crippen LogP contribution in [0.2, 0.25) is 0 Å². The van der Waals surface area contributed by atoms with Crippen molar-refractivity contribution in [2.24, 2.45) is 0 Å². The number of benzene rings is 2. The molecule has 0 spiro atoms. The van der Waals surface area contributed by atoms with E-state index in [0.717, 1.165) is 16.3 Å². The van der Waals surface area contributed by atoms with Crippen molar-refractivity contribution >= 4 is 22.6 Å². The third kappa shape index (κ3) is 3.72. The molecule has 3 rings (SSSR count).